The molecule has 3 heterocycles. The summed E-state index contributed by atoms with van der Waals surface area (Å²) < 4.78 is 47.1. The van der Waals surface area contributed by atoms with Crippen molar-refractivity contribution in [1.29, 1.82) is 0 Å². The topological polar surface area (TPSA) is 107 Å². The van der Waals surface area contributed by atoms with E-state index < -0.39 is 41.8 Å². The molecule has 4 rings (SSSR count). The number of anilines is 1. The van der Waals surface area contributed by atoms with Gasteiger partial charge in [0.25, 0.3) is 0 Å². The number of halogens is 2. The van der Waals surface area contributed by atoms with Crippen LogP contribution in [0.4, 0.5) is 19.4 Å². The molecule has 210 valence electrons. The van der Waals surface area contributed by atoms with Crippen LogP contribution in [0.3, 0.4) is 0 Å². The molecule has 0 bridgehead atoms. The maximum Gasteiger partial charge on any atom is 0.407 e. The zero-order valence-corrected chi connectivity index (χ0v) is 22.6. The van der Waals surface area contributed by atoms with Gasteiger partial charge in [-0.1, -0.05) is 0 Å². The molecule has 0 radical (unpaired) electrons. The number of nitrogens with zero attached hydrogens (tertiary/aromatic N) is 4. The minimum atomic E-state index is -1.20. The Kier molecular flexibility index (Phi) is 8.22. The summed E-state index contributed by atoms with van der Waals surface area (Å²) in [6.45, 7) is 9.10. The second kappa shape index (κ2) is 11.4. The summed E-state index contributed by atoms with van der Waals surface area (Å²) in [7, 11) is 0. The molecule has 1 saturated heterocycles. The lowest BCUT2D eigenvalue weighted by Crippen LogP contribution is -2.37. The molecule has 3 atom stereocenters. The van der Waals surface area contributed by atoms with Gasteiger partial charge in [-0.05, 0) is 58.9 Å². The van der Waals surface area contributed by atoms with E-state index in [0.29, 0.717) is 17.1 Å². The second-order valence-electron chi connectivity index (χ2n) is 10.3. The molecule has 1 amide bonds. The van der Waals surface area contributed by atoms with Crippen molar-refractivity contribution in [2.45, 2.75) is 65.0 Å². The fourth-order valence-corrected chi connectivity index (χ4v) is 4.39. The summed E-state index contributed by atoms with van der Waals surface area (Å²) in [6.07, 6.45) is 0.797. The predicted octanol–water partition coefficient (Wildman–Crippen LogP) is 4.63. The van der Waals surface area contributed by atoms with Crippen LogP contribution >= 0.6 is 0 Å². The first kappa shape index (κ1) is 28.1. The molecule has 1 aliphatic rings. The van der Waals surface area contributed by atoms with Gasteiger partial charge in [-0.25, -0.2) is 27.9 Å². The van der Waals surface area contributed by atoms with Crippen LogP contribution in [0, 0.1) is 5.82 Å². The standard InChI is InChI=1S/C27H33F2N5O5/c1-6-37-25(35)20-14-31-34-10-9-23(32-24(20)34)33-15-18(29)12-21(33)19-11-17(28)7-8-22(19)38-16(2)13-30-26(36)39-27(3,4)5/h7-11,14,16,18,21H,6,12-13,15H2,1-5H3,(H,30,36)/t16-,18-,21+/m0/s1. The van der Waals surface area contributed by atoms with E-state index in [4.69, 9.17) is 14.2 Å². The van der Waals surface area contributed by atoms with E-state index in [1.807, 2.05) is 0 Å². The van der Waals surface area contributed by atoms with Gasteiger partial charge in [-0.3, -0.25) is 0 Å². The quantitative estimate of drug-likeness (QED) is 0.409. The van der Waals surface area contributed by atoms with Crippen LogP contribution in [0.5, 0.6) is 5.75 Å². The third-order valence-electron chi connectivity index (χ3n) is 5.99. The van der Waals surface area contributed by atoms with E-state index in [2.05, 4.69) is 15.4 Å². The van der Waals surface area contributed by atoms with Crippen LogP contribution in [-0.4, -0.2) is 64.2 Å². The highest BCUT2D eigenvalue weighted by Crippen LogP contribution is 2.41. The Bertz CT molecular complexity index is 1340. The first-order valence-corrected chi connectivity index (χ1v) is 12.8. The first-order chi connectivity index (χ1) is 18.4. The van der Waals surface area contributed by atoms with E-state index >= 15 is 0 Å². The summed E-state index contributed by atoms with van der Waals surface area (Å²) in [6, 6.07) is 5.14. The van der Waals surface area contributed by atoms with E-state index in [1.165, 1.54) is 28.9 Å². The van der Waals surface area contributed by atoms with Crippen LogP contribution in [0.2, 0.25) is 0 Å². The number of carbonyl (C=O) groups excluding carboxylic acids is 2. The number of carbonyl (C=O) groups is 2. The molecule has 2 aromatic heterocycles. The lowest BCUT2D eigenvalue weighted by molar-refractivity contribution is 0.0501. The van der Waals surface area contributed by atoms with Crippen LogP contribution in [0.15, 0.2) is 36.7 Å². The number of aromatic nitrogens is 3. The highest BCUT2D eigenvalue weighted by molar-refractivity contribution is 5.95. The lowest BCUT2D eigenvalue weighted by Gasteiger charge is -2.28. The molecule has 12 heteroatoms. The highest BCUT2D eigenvalue weighted by atomic mass is 19.1. The number of alkyl carbamates (subject to hydrolysis) is 1. The minimum absolute atomic E-state index is 0.0163. The van der Waals surface area contributed by atoms with Gasteiger partial charge in [0.1, 0.15) is 40.8 Å². The molecule has 3 aromatic rings. The molecule has 1 N–H and O–H groups in total. The van der Waals surface area contributed by atoms with Crippen LogP contribution in [0.1, 0.15) is 63.0 Å². The monoisotopic (exact) mass is 545 g/mol. The van der Waals surface area contributed by atoms with Crippen LogP contribution in [0.25, 0.3) is 5.65 Å². The van der Waals surface area contributed by atoms with Gasteiger partial charge >= 0.3 is 12.1 Å². The molecular formula is C27H33F2N5O5. The Morgan fingerprint density at radius 1 is 1.26 bits per heavy atom. The fraction of sp³-hybridized carbons (Fsp3) is 0.481. The zero-order chi connectivity index (χ0) is 28.3. The van der Waals surface area contributed by atoms with Gasteiger partial charge in [0.05, 0.1) is 31.9 Å². The smallest absolute Gasteiger partial charge is 0.407 e. The zero-order valence-electron chi connectivity index (χ0n) is 22.6. The number of hydrogen-bond acceptors (Lipinski definition) is 8. The molecular weight excluding hydrogens is 512 g/mol. The molecule has 39 heavy (non-hydrogen) atoms. The molecule has 10 nitrogen and oxygen atoms in total. The Morgan fingerprint density at radius 3 is 2.74 bits per heavy atom. The second-order valence-corrected chi connectivity index (χ2v) is 10.3. The molecule has 0 saturated carbocycles. The molecule has 0 spiro atoms. The van der Waals surface area contributed by atoms with Crippen molar-refractivity contribution in [3.63, 3.8) is 0 Å². The van der Waals surface area contributed by atoms with Gasteiger partial charge in [0, 0.05) is 18.2 Å². The number of benzene rings is 1. The summed E-state index contributed by atoms with van der Waals surface area (Å²) in [4.78, 5) is 30.7. The maximum absolute atomic E-state index is 14.8. The van der Waals surface area contributed by atoms with Crippen molar-refractivity contribution >= 4 is 23.5 Å². The van der Waals surface area contributed by atoms with Gasteiger partial charge in [-0.15, -0.1) is 0 Å². The molecule has 1 aliphatic heterocycles. The minimum Gasteiger partial charge on any atom is -0.489 e. The number of ether oxygens (including phenoxy) is 3. The number of amides is 1. The van der Waals surface area contributed by atoms with Crippen molar-refractivity contribution in [2.24, 2.45) is 0 Å². The predicted molar refractivity (Wildman–Crippen MR) is 139 cm³/mol. The van der Waals surface area contributed by atoms with E-state index in [9.17, 15) is 18.4 Å². The van der Waals surface area contributed by atoms with Gasteiger partial charge in [0.15, 0.2) is 5.65 Å². The van der Waals surface area contributed by atoms with Crippen molar-refractivity contribution in [2.75, 3.05) is 24.6 Å². The summed E-state index contributed by atoms with van der Waals surface area (Å²) in [5.74, 6) is -0.304. The highest BCUT2D eigenvalue weighted by Gasteiger charge is 2.36. The number of esters is 1. The fourth-order valence-electron chi connectivity index (χ4n) is 4.39. The number of nitrogens with one attached hydrogen (secondary N) is 1. The average Bonchev–Trinajstić information content (AvgIpc) is 3.46. The van der Waals surface area contributed by atoms with E-state index in [0.717, 1.165) is 0 Å². The first-order valence-electron chi connectivity index (χ1n) is 12.8. The SMILES string of the molecule is CCOC(=O)c1cnn2ccc(N3C[C@@H](F)C[C@@H]3c3cc(F)ccc3O[C@@H](C)CNC(=O)OC(C)(C)C)nc12. The average molecular weight is 546 g/mol. The van der Waals surface area contributed by atoms with Crippen molar-refractivity contribution < 1.29 is 32.6 Å². The molecule has 0 unspecified atom stereocenters. The Balaban J connectivity index is 1.59. The summed E-state index contributed by atoms with van der Waals surface area (Å²) in [5, 5.41) is 6.79. The lowest BCUT2D eigenvalue weighted by atomic mass is 10.0. The molecule has 1 fully saturated rings. The van der Waals surface area contributed by atoms with Crippen molar-refractivity contribution in [3.8, 4) is 5.75 Å². The number of alkyl halides is 1. The van der Waals surface area contributed by atoms with Crippen LogP contribution < -0.4 is 15.0 Å². The Hall–Kier alpha value is -3.96. The number of rotatable bonds is 8. The normalized spacial score (nSPS) is 18.2. The van der Waals surface area contributed by atoms with Gasteiger partial charge in [0.2, 0.25) is 0 Å². The third kappa shape index (κ3) is 6.73. The Morgan fingerprint density at radius 2 is 2.03 bits per heavy atom. The third-order valence-corrected chi connectivity index (χ3v) is 5.99. The maximum atomic E-state index is 14.8. The molecule has 1 aromatic carbocycles. The van der Waals surface area contributed by atoms with Crippen LogP contribution in [-0.2, 0) is 9.47 Å². The number of fused-ring (bicyclic) bond motifs is 1. The number of hydrogen-bond donors (Lipinski definition) is 1. The van der Waals surface area contributed by atoms with E-state index in [1.54, 1.807) is 51.8 Å². The summed E-state index contributed by atoms with van der Waals surface area (Å²) >= 11 is 0. The summed E-state index contributed by atoms with van der Waals surface area (Å²) in [5.41, 5.74) is 0.259. The van der Waals surface area contributed by atoms with Crippen molar-refractivity contribution in [1.82, 2.24) is 19.9 Å². The van der Waals surface area contributed by atoms with E-state index in [-0.39, 0.29) is 37.3 Å². The van der Waals surface area contributed by atoms with Gasteiger partial charge in [-0.2, -0.15) is 5.10 Å². The molecule has 0 aliphatic carbocycles. The Labute approximate surface area is 225 Å². The van der Waals surface area contributed by atoms with Crippen molar-refractivity contribution in [3.05, 3.63) is 53.6 Å². The largest absolute Gasteiger partial charge is 0.489 e. The van der Waals surface area contributed by atoms with Gasteiger partial charge < -0.3 is 24.4 Å².